The van der Waals surface area contributed by atoms with Crippen molar-refractivity contribution in [1.82, 2.24) is 0 Å². The molecule has 0 fully saturated rings. The summed E-state index contributed by atoms with van der Waals surface area (Å²) in [5, 5.41) is 0. The Kier molecular flexibility index (Phi) is 5.07. The quantitative estimate of drug-likeness (QED) is 0.762. The predicted molar refractivity (Wildman–Crippen MR) is 58.8 cm³/mol. The summed E-state index contributed by atoms with van der Waals surface area (Å²) < 4.78 is 5.61. The van der Waals surface area contributed by atoms with Crippen molar-refractivity contribution in [1.29, 1.82) is 0 Å². The second kappa shape index (κ2) is 6.09. The predicted octanol–water partition coefficient (Wildman–Crippen LogP) is 3.00. The zero-order valence-corrected chi connectivity index (χ0v) is 11.2. The van der Waals surface area contributed by atoms with Gasteiger partial charge in [0.2, 0.25) is 0 Å². The van der Waals surface area contributed by atoms with Crippen molar-refractivity contribution in [2.45, 2.75) is 0 Å². The van der Waals surface area contributed by atoms with Gasteiger partial charge in [-0.2, -0.15) is 0 Å². The minimum Gasteiger partial charge on any atom is 0 e. The molecule has 0 unspecified atom stereocenters. The van der Waals surface area contributed by atoms with Gasteiger partial charge in [0.05, 0.1) is 0 Å². The number of ether oxygens (including phenoxy) is 1. The van der Waals surface area contributed by atoms with Gasteiger partial charge in [0.1, 0.15) is 0 Å². The van der Waals surface area contributed by atoms with Gasteiger partial charge in [-0.1, -0.05) is 0 Å². The molecule has 0 aliphatic rings. The molecule has 0 aliphatic carbocycles. The minimum absolute atomic E-state index is 0. The Labute approximate surface area is 116 Å². The molecule has 0 N–H and O–H groups in total. The van der Waals surface area contributed by atoms with Crippen molar-refractivity contribution >= 4 is 6.91 Å². The van der Waals surface area contributed by atoms with Gasteiger partial charge < -0.3 is 0 Å². The average Bonchev–Trinajstić information content (AvgIpc) is 2.23. The van der Waals surface area contributed by atoms with Crippen LogP contribution in [0.5, 0.6) is 11.4 Å². The standard InChI is InChI=1S/C12H10BO.Y/c1-10-5-7-11(8-6-10)14-12-4-2-3-9-13-12;/h2-9H,1H2;/q-1;. The van der Waals surface area contributed by atoms with Crippen molar-refractivity contribution in [2.24, 2.45) is 0 Å². The molecule has 1 heterocycles. The van der Waals surface area contributed by atoms with Crippen LogP contribution in [0.3, 0.4) is 0 Å². The third-order valence-corrected chi connectivity index (χ3v) is 1.90. The van der Waals surface area contributed by atoms with E-state index in [1.54, 1.807) is 0 Å². The maximum atomic E-state index is 5.61. The molecule has 0 spiro atoms. The van der Waals surface area contributed by atoms with Crippen LogP contribution >= 0.6 is 0 Å². The molecule has 1 radical (unpaired) electrons. The molecule has 0 atom stereocenters. The van der Waals surface area contributed by atoms with E-state index in [0.717, 1.165) is 17.0 Å². The van der Waals surface area contributed by atoms with Gasteiger partial charge in [-0.15, -0.1) is 0 Å². The first-order chi connectivity index (χ1) is 6.84. The first kappa shape index (κ1) is 12.5. The fraction of sp³-hybridized carbons (Fsp3) is 0. The number of hydrogen-bond donors (Lipinski definition) is 0. The van der Waals surface area contributed by atoms with Crippen LogP contribution in [-0.2, 0) is 32.7 Å². The second-order valence-corrected chi connectivity index (χ2v) is 3.06. The molecule has 71 valence electrons. The molecule has 0 bridgehead atoms. The van der Waals surface area contributed by atoms with E-state index in [9.17, 15) is 0 Å². The maximum absolute atomic E-state index is 5.61. The fourth-order valence-electron chi connectivity index (χ4n) is 1.18. The van der Waals surface area contributed by atoms with Crippen LogP contribution in [0.25, 0.3) is 0 Å². The van der Waals surface area contributed by atoms with Crippen LogP contribution in [0.2, 0.25) is 0 Å². The van der Waals surface area contributed by atoms with Crippen LogP contribution < -0.4 is 4.74 Å². The summed E-state index contributed by atoms with van der Waals surface area (Å²) in [6.45, 7) is 5.74. The molecule has 0 saturated carbocycles. The second-order valence-electron chi connectivity index (χ2n) is 3.06. The van der Waals surface area contributed by atoms with Crippen LogP contribution in [0.15, 0.2) is 48.4 Å². The molecule has 3 heteroatoms. The number of rotatable bonds is 2. The Balaban J connectivity index is 0.00000112. The van der Waals surface area contributed by atoms with Crippen molar-refractivity contribution in [3.05, 3.63) is 60.9 Å². The first-order valence-electron chi connectivity index (χ1n) is 4.49. The van der Waals surface area contributed by atoms with E-state index in [2.05, 4.69) is 6.92 Å². The summed E-state index contributed by atoms with van der Waals surface area (Å²) >= 11 is 0. The maximum Gasteiger partial charge on any atom is 0 e. The molecule has 15 heavy (non-hydrogen) atoms. The van der Waals surface area contributed by atoms with Crippen LogP contribution in [0, 0.1) is 6.92 Å². The molecule has 1 aromatic heterocycles. The first-order valence-corrected chi connectivity index (χ1v) is 4.49. The Bertz CT molecular complexity index is 400. The van der Waals surface area contributed by atoms with E-state index in [0.29, 0.717) is 0 Å². The molecule has 2 aromatic rings. The van der Waals surface area contributed by atoms with Gasteiger partial charge in [-0.05, 0) is 0 Å². The van der Waals surface area contributed by atoms with E-state index >= 15 is 0 Å². The smallest absolute Gasteiger partial charge is 0 e. The van der Waals surface area contributed by atoms with E-state index in [-0.39, 0.29) is 32.7 Å². The van der Waals surface area contributed by atoms with Crippen molar-refractivity contribution in [2.75, 3.05) is 0 Å². The Hall–Kier alpha value is -0.591. The van der Waals surface area contributed by atoms with Gasteiger partial charge in [0.15, 0.2) is 0 Å². The van der Waals surface area contributed by atoms with Crippen LogP contribution in [0.1, 0.15) is 5.56 Å². The zero-order chi connectivity index (χ0) is 9.80. The zero-order valence-electron chi connectivity index (χ0n) is 8.39. The third-order valence-electron chi connectivity index (χ3n) is 1.90. The molecule has 2 rings (SSSR count). The summed E-state index contributed by atoms with van der Waals surface area (Å²) in [7, 11) is 0. The molecular weight excluding hydrogens is 260 g/mol. The van der Waals surface area contributed by atoms with Crippen molar-refractivity contribution in [3.8, 4) is 11.4 Å². The van der Waals surface area contributed by atoms with E-state index in [4.69, 9.17) is 4.74 Å². The molecule has 0 amide bonds. The van der Waals surface area contributed by atoms with E-state index in [1.165, 1.54) is 0 Å². The molecule has 0 aliphatic heterocycles. The van der Waals surface area contributed by atoms with Crippen LogP contribution in [-0.4, -0.2) is 6.91 Å². The molecule has 1 nitrogen and oxygen atoms in total. The summed E-state index contributed by atoms with van der Waals surface area (Å²) in [4.78, 5) is 0. The van der Waals surface area contributed by atoms with E-state index in [1.807, 2.05) is 55.3 Å². The normalized spacial score (nSPS) is 8.80. The molecule has 1 aromatic carbocycles. The summed E-state index contributed by atoms with van der Waals surface area (Å²) in [6, 6.07) is 13.5. The summed E-state index contributed by atoms with van der Waals surface area (Å²) in [5.74, 6) is 2.79. The minimum atomic E-state index is 0. The Morgan fingerprint density at radius 3 is 2.33 bits per heavy atom. The molecule has 0 saturated heterocycles. The van der Waals surface area contributed by atoms with Gasteiger partial charge >= 0.3 is 84.0 Å². The van der Waals surface area contributed by atoms with Crippen molar-refractivity contribution in [3.63, 3.8) is 0 Å². The van der Waals surface area contributed by atoms with Crippen molar-refractivity contribution < 1.29 is 37.4 Å². The fourth-order valence-corrected chi connectivity index (χ4v) is 1.18. The largest absolute Gasteiger partial charge is 0 e. The summed E-state index contributed by atoms with van der Waals surface area (Å²) in [5.41, 5.74) is 1.84. The number of hydrogen-bond acceptors (Lipinski definition) is 1. The Morgan fingerprint density at radius 2 is 1.73 bits per heavy atom. The monoisotopic (exact) mass is 270 g/mol. The van der Waals surface area contributed by atoms with Gasteiger partial charge in [-0.25, -0.2) is 0 Å². The van der Waals surface area contributed by atoms with E-state index < -0.39 is 0 Å². The SMILES string of the molecule is [CH2-]c1ccc(Oc2bcccc2)cc1.[Y]. The molecular formula is C12H10BOY-. The van der Waals surface area contributed by atoms with Crippen LogP contribution in [0.4, 0.5) is 0 Å². The topological polar surface area (TPSA) is 9.23 Å². The Morgan fingerprint density at radius 1 is 1.00 bits per heavy atom. The van der Waals surface area contributed by atoms with Gasteiger partial charge in [0, 0.05) is 32.7 Å². The number of benzene rings is 1. The van der Waals surface area contributed by atoms with Gasteiger partial charge in [0.25, 0.3) is 0 Å². The third kappa shape index (κ3) is 3.81. The average molecular weight is 270 g/mol. The summed E-state index contributed by atoms with van der Waals surface area (Å²) in [6.07, 6.45) is 0. The van der Waals surface area contributed by atoms with Gasteiger partial charge in [-0.3, -0.25) is 0 Å².